The van der Waals surface area contributed by atoms with E-state index in [0.29, 0.717) is 18.7 Å². The van der Waals surface area contributed by atoms with Crippen molar-refractivity contribution < 1.29 is 14.6 Å². The summed E-state index contributed by atoms with van der Waals surface area (Å²) >= 11 is 0. The first-order valence-corrected chi connectivity index (χ1v) is 9.49. The van der Waals surface area contributed by atoms with Gasteiger partial charge in [0.25, 0.3) is 5.91 Å². The summed E-state index contributed by atoms with van der Waals surface area (Å²) in [5.41, 5.74) is 0.254. The van der Waals surface area contributed by atoms with E-state index in [1.54, 1.807) is 24.5 Å². The van der Waals surface area contributed by atoms with Gasteiger partial charge in [-0.25, -0.2) is 0 Å². The molecular formula is C19H27N5O3. The number of carbonyl (C=O) groups is 1. The Morgan fingerprint density at radius 2 is 2.22 bits per heavy atom. The number of ether oxygens (including phenoxy) is 1. The zero-order valence-corrected chi connectivity index (χ0v) is 15.6. The number of piperidine rings is 1. The van der Waals surface area contributed by atoms with Crippen LogP contribution < -0.4 is 5.32 Å². The Morgan fingerprint density at radius 1 is 1.41 bits per heavy atom. The molecule has 2 aliphatic heterocycles. The average molecular weight is 373 g/mol. The van der Waals surface area contributed by atoms with Crippen LogP contribution in [0.2, 0.25) is 0 Å². The van der Waals surface area contributed by atoms with Gasteiger partial charge in [0.15, 0.2) is 0 Å². The number of rotatable bonds is 4. The zero-order chi connectivity index (χ0) is 18.9. The third kappa shape index (κ3) is 3.52. The van der Waals surface area contributed by atoms with E-state index in [9.17, 15) is 9.90 Å². The zero-order valence-electron chi connectivity index (χ0n) is 15.6. The molecule has 1 amide bonds. The van der Waals surface area contributed by atoms with E-state index in [-0.39, 0.29) is 5.91 Å². The van der Waals surface area contributed by atoms with Crippen molar-refractivity contribution in [3.8, 4) is 0 Å². The minimum atomic E-state index is -0.757. The number of nitrogens with one attached hydrogen (secondary N) is 3. The molecular weight excluding hydrogens is 346 g/mol. The molecule has 4 N–H and O–H groups in total. The van der Waals surface area contributed by atoms with Crippen LogP contribution >= 0.6 is 0 Å². The quantitative estimate of drug-likeness (QED) is 0.641. The molecule has 8 heteroatoms. The summed E-state index contributed by atoms with van der Waals surface area (Å²) in [4.78, 5) is 17.8. The normalized spacial score (nSPS) is 28.3. The highest BCUT2D eigenvalue weighted by Crippen LogP contribution is 2.40. The minimum Gasteiger partial charge on any atom is -0.388 e. The van der Waals surface area contributed by atoms with Gasteiger partial charge in [-0.3, -0.25) is 14.8 Å². The molecule has 8 nitrogen and oxygen atoms in total. The highest BCUT2D eigenvalue weighted by molar-refractivity contribution is 5.92. The average Bonchev–Trinajstić information content (AvgIpc) is 3.36. The number of likely N-dealkylation sites (tertiary alicyclic amines) is 1. The van der Waals surface area contributed by atoms with Crippen LogP contribution in [-0.4, -0.2) is 68.0 Å². The lowest BCUT2D eigenvalue weighted by Crippen LogP contribution is -2.69. The maximum atomic E-state index is 12.5. The lowest BCUT2D eigenvalue weighted by atomic mass is 9.73. The smallest absolute Gasteiger partial charge is 0.268 e. The molecule has 0 aliphatic carbocycles. The topological polar surface area (TPSA) is 106 Å². The van der Waals surface area contributed by atoms with Crippen LogP contribution in [0.4, 0.5) is 0 Å². The second-order valence-electron chi connectivity index (χ2n) is 7.88. The number of hydrogen-bond donors (Lipinski definition) is 4. The van der Waals surface area contributed by atoms with E-state index >= 15 is 0 Å². The molecule has 4 rings (SSSR count). The molecule has 2 aliphatic rings. The number of carbonyl (C=O) groups excluding carboxylic acids is 1. The first kappa shape index (κ1) is 18.2. The predicted molar refractivity (Wildman–Crippen MR) is 99.1 cm³/mol. The molecule has 2 aromatic heterocycles. The summed E-state index contributed by atoms with van der Waals surface area (Å²) in [7, 11) is 0. The van der Waals surface area contributed by atoms with Crippen molar-refractivity contribution in [1.82, 2.24) is 25.4 Å². The Morgan fingerprint density at radius 3 is 2.89 bits per heavy atom. The third-order valence-corrected chi connectivity index (χ3v) is 6.01. The van der Waals surface area contributed by atoms with E-state index in [1.165, 1.54) is 0 Å². The molecule has 0 radical (unpaired) electrons. The van der Waals surface area contributed by atoms with Crippen LogP contribution in [0.5, 0.6) is 0 Å². The van der Waals surface area contributed by atoms with Crippen molar-refractivity contribution >= 4 is 5.91 Å². The van der Waals surface area contributed by atoms with Crippen molar-refractivity contribution in [3.63, 3.8) is 0 Å². The summed E-state index contributed by atoms with van der Waals surface area (Å²) in [5, 5.41) is 21.2. The Bertz CT molecular complexity index is 752. The largest absolute Gasteiger partial charge is 0.388 e. The van der Waals surface area contributed by atoms with Crippen LogP contribution in [0.15, 0.2) is 30.6 Å². The second kappa shape index (κ2) is 7.10. The van der Waals surface area contributed by atoms with Gasteiger partial charge in [0, 0.05) is 44.3 Å². The maximum absolute atomic E-state index is 12.5. The van der Waals surface area contributed by atoms with Crippen LogP contribution in [-0.2, 0) is 11.3 Å². The summed E-state index contributed by atoms with van der Waals surface area (Å²) in [6, 6.07) is 5.49. The summed E-state index contributed by atoms with van der Waals surface area (Å²) in [6.07, 6.45) is 4.76. The molecule has 1 spiro atoms. The molecule has 2 aromatic rings. The van der Waals surface area contributed by atoms with Crippen LogP contribution in [0.25, 0.3) is 0 Å². The summed E-state index contributed by atoms with van der Waals surface area (Å²) in [6.45, 7) is 4.92. The molecule has 0 unspecified atom stereocenters. The van der Waals surface area contributed by atoms with Crippen molar-refractivity contribution in [2.45, 2.75) is 50.0 Å². The number of aromatic amines is 2. The number of nitrogens with zero attached hydrogens (tertiary/aromatic N) is 2. The van der Waals surface area contributed by atoms with E-state index in [2.05, 4.69) is 25.4 Å². The number of hydrogen-bond acceptors (Lipinski definition) is 5. The molecule has 0 bridgehead atoms. The highest BCUT2D eigenvalue weighted by atomic mass is 16.5. The molecule has 27 heavy (non-hydrogen) atoms. The molecule has 2 saturated heterocycles. The number of amides is 1. The fourth-order valence-electron chi connectivity index (χ4n) is 4.31. The van der Waals surface area contributed by atoms with E-state index in [1.807, 2.05) is 13.0 Å². The van der Waals surface area contributed by atoms with Gasteiger partial charge in [-0.15, -0.1) is 0 Å². The van der Waals surface area contributed by atoms with Crippen molar-refractivity contribution in [1.29, 1.82) is 0 Å². The molecule has 2 fully saturated rings. The van der Waals surface area contributed by atoms with Gasteiger partial charge >= 0.3 is 0 Å². The number of aliphatic hydroxyl groups is 1. The van der Waals surface area contributed by atoms with Gasteiger partial charge in [-0.1, -0.05) is 0 Å². The van der Waals surface area contributed by atoms with Gasteiger partial charge in [0.2, 0.25) is 0 Å². The first-order chi connectivity index (χ1) is 13.0. The van der Waals surface area contributed by atoms with Gasteiger partial charge in [-0.05, 0) is 44.4 Å². The lowest BCUT2D eigenvalue weighted by Gasteiger charge is -2.53. The second-order valence-corrected chi connectivity index (χ2v) is 7.88. The highest BCUT2D eigenvalue weighted by Gasteiger charge is 2.53. The monoisotopic (exact) mass is 373 g/mol. The number of H-pyrrole nitrogens is 2. The Balaban J connectivity index is 1.42. The summed E-state index contributed by atoms with van der Waals surface area (Å²) in [5.74, 6) is -0.199. The molecule has 146 valence electrons. The summed E-state index contributed by atoms with van der Waals surface area (Å²) < 4.78 is 6.11. The third-order valence-electron chi connectivity index (χ3n) is 6.01. The van der Waals surface area contributed by atoms with Crippen molar-refractivity contribution in [3.05, 3.63) is 42.0 Å². The van der Waals surface area contributed by atoms with Crippen molar-refractivity contribution in [2.24, 2.45) is 0 Å². The fourth-order valence-corrected chi connectivity index (χ4v) is 4.31. The van der Waals surface area contributed by atoms with Gasteiger partial charge in [-0.2, -0.15) is 5.10 Å². The minimum absolute atomic E-state index is 0.199. The molecule has 2 atom stereocenters. The van der Waals surface area contributed by atoms with Crippen LogP contribution in [0.3, 0.4) is 0 Å². The Kier molecular flexibility index (Phi) is 4.79. The van der Waals surface area contributed by atoms with E-state index in [4.69, 9.17) is 4.74 Å². The maximum Gasteiger partial charge on any atom is 0.268 e. The van der Waals surface area contributed by atoms with Crippen LogP contribution in [0, 0.1) is 0 Å². The lowest BCUT2D eigenvalue weighted by molar-refractivity contribution is -0.206. The van der Waals surface area contributed by atoms with Gasteiger partial charge in [0.05, 0.1) is 11.1 Å². The standard InChI is InChI=1S/C19H27N5O3/c1-18(22-16(25)15-3-2-8-20-15)7-12-27-19(17(18)26)5-10-24(11-6-19)13-14-4-9-21-23-14/h2-4,8-9,17,20,26H,5-7,10-13H2,1H3,(H,21,23)(H,22,25)/t17-,18+/m1/s1. The fraction of sp³-hybridized carbons (Fsp3) is 0.579. The van der Waals surface area contributed by atoms with E-state index in [0.717, 1.165) is 38.2 Å². The number of aliphatic hydroxyl groups excluding tert-OH is 1. The molecule has 0 saturated carbocycles. The molecule has 4 heterocycles. The van der Waals surface area contributed by atoms with Gasteiger partial charge in [0.1, 0.15) is 11.8 Å². The molecule has 0 aromatic carbocycles. The number of aromatic nitrogens is 3. The van der Waals surface area contributed by atoms with Crippen LogP contribution in [0.1, 0.15) is 42.4 Å². The SMILES string of the molecule is C[C@]1(NC(=O)c2ccc[nH]2)CCOC2(CCN(Cc3ccn[nH]3)CC2)[C@@H]1O. The predicted octanol–water partition coefficient (Wildman–Crippen LogP) is 1.04. The Hall–Kier alpha value is -2.16. The first-order valence-electron chi connectivity index (χ1n) is 9.49. The van der Waals surface area contributed by atoms with E-state index < -0.39 is 17.2 Å². The van der Waals surface area contributed by atoms with Crippen molar-refractivity contribution in [2.75, 3.05) is 19.7 Å². The Labute approximate surface area is 158 Å². The van der Waals surface area contributed by atoms with Gasteiger partial charge < -0.3 is 20.1 Å².